The van der Waals surface area contributed by atoms with E-state index in [-0.39, 0.29) is 18.1 Å². The van der Waals surface area contributed by atoms with Crippen molar-refractivity contribution >= 4 is 32.6 Å². The molecule has 0 unspecified atom stereocenters. The molecule has 158 valence electrons. The second-order valence-electron chi connectivity index (χ2n) is 7.42. The zero-order valence-electron chi connectivity index (χ0n) is 17.1. The van der Waals surface area contributed by atoms with Gasteiger partial charge in [-0.3, -0.25) is 14.6 Å². The van der Waals surface area contributed by atoms with Gasteiger partial charge in [0.1, 0.15) is 5.82 Å². The third-order valence-corrected chi connectivity index (χ3v) is 6.46. The Morgan fingerprint density at radius 1 is 1.20 bits per heavy atom. The van der Waals surface area contributed by atoms with Gasteiger partial charge in [-0.05, 0) is 35.7 Å². The molecule has 30 heavy (non-hydrogen) atoms. The van der Waals surface area contributed by atoms with E-state index in [4.69, 9.17) is 9.72 Å². The molecule has 1 aliphatic rings. The molecule has 0 radical (unpaired) electrons. The Balaban J connectivity index is 1.58. The Morgan fingerprint density at radius 3 is 2.70 bits per heavy atom. The summed E-state index contributed by atoms with van der Waals surface area (Å²) in [5.74, 6) is -0.319. The van der Waals surface area contributed by atoms with Crippen LogP contribution in [0.5, 0.6) is 0 Å². The maximum atomic E-state index is 13.3. The number of hydrogen-bond acceptors (Lipinski definition) is 5. The number of hydrogen-bond donors (Lipinski definition) is 0. The number of benzene rings is 2. The second-order valence-corrected chi connectivity index (χ2v) is 8.43. The van der Waals surface area contributed by atoms with Gasteiger partial charge >= 0.3 is 0 Å². The maximum Gasteiger partial charge on any atom is 0.233 e. The maximum absolute atomic E-state index is 13.3. The van der Waals surface area contributed by atoms with E-state index in [9.17, 15) is 9.18 Å². The molecule has 1 aliphatic heterocycles. The Labute approximate surface area is 180 Å². The summed E-state index contributed by atoms with van der Waals surface area (Å²) in [6, 6.07) is 12.3. The Bertz CT molecular complexity index is 999. The molecule has 1 aromatic heterocycles. The number of ether oxygens (including phenoxy) is 1. The summed E-state index contributed by atoms with van der Waals surface area (Å²) in [4.78, 5) is 22.2. The lowest BCUT2D eigenvalue weighted by Crippen LogP contribution is -2.43. The van der Waals surface area contributed by atoms with Crippen molar-refractivity contribution in [1.82, 2.24) is 9.88 Å². The van der Waals surface area contributed by atoms with Crippen LogP contribution < -0.4 is 4.90 Å². The zero-order valence-corrected chi connectivity index (χ0v) is 18.0. The number of fused-ring (bicyclic) bond motifs is 1. The van der Waals surface area contributed by atoms with Crippen LogP contribution in [-0.2, 0) is 22.4 Å². The second kappa shape index (κ2) is 9.64. The van der Waals surface area contributed by atoms with E-state index < -0.39 is 0 Å². The summed E-state index contributed by atoms with van der Waals surface area (Å²) in [6.07, 6.45) is 1.12. The van der Waals surface area contributed by atoms with Gasteiger partial charge in [0.05, 0.1) is 29.9 Å². The fourth-order valence-electron chi connectivity index (χ4n) is 3.66. The third kappa shape index (κ3) is 4.86. The van der Waals surface area contributed by atoms with Gasteiger partial charge in [0, 0.05) is 26.2 Å². The molecule has 5 nitrogen and oxygen atoms in total. The molecule has 0 N–H and O–H groups in total. The highest BCUT2D eigenvalue weighted by atomic mass is 32.1. The normalized spacial score (nSPS) is 14.9. The number of aryl methyl sites for hydroxylation is 1. The molecule has 0 saturated carbocycles. The minimum Gasteiger partial charge on any atom is -0.379 e. The van der Waals surface area contributed by atoms with E-state index in [1.165, 1.54) is 17.7 Å². The molecule has 4 rings (SSSR count). The van der Waals surface area contributed by atoms with Gasteiger partial charge < -0.3 is 4.74 Å². The van der Waals surface area contributed by atoms with Gasteiger partial charge in [0.2, 0.25) is 5.91 Å². The lowest BCUT2D eigenvalue weighted by atomic mass is 10.1. The summed E-state index contributed by atoms with van der Waals surface area (Å²) in [5, 5.41) is 0.728. The average Bonchev–Trinajstić information content (AvgIpc) is 3.20. The van der Waals surface area contributed by atoms with Crippen molar-refractivity contribution in [2.75, 3.05) is 44.3 Å². The van der Waals surface area contributed by atoms with Crippen LogP contribution in [0.1, 0.15) is 18.1 Å². The van der Waals surface area contributed by atoms with Crippen LogP contribution in [0.4, 0.5) is 9.52 Å². The van der Waals surface area contributed by atoms with E-state index in [1.54, 1.807) is 28.4 Å². The largest absolute Gasteiger partial charge is 0.379 e. The molecule has 0 spiro atoms. The van der Waals surface area contributed by atoms with Crippen molar-refractivity contribution in [3.8, 4) is 0 Å². The Morgan fingerprint density at radius 2 is 1.97 bits per heavy atom. The predicted molar refractivity (Wildman–Crippen MR) is 119 cm³/mol. The first-order valence-electron chi connectivity index (χ1n) is 10.4. The predicted octanol–water partition coefficient (Wildman–Crippen LogP) is 3.91. The minimum absolute atomic E-state index is 0.0213. The minimum atomic E-state index is -0.298. The first kappa shape index (κ1) is 20.9. The molecule has 0 bridgehead atoms. The van der Waals surface area contributed by atoms with Crippen LogP contribution in [0.25, 0.3) is 10.2 Å². The van der Waals surface area contributed by atoms with Crippen LogP contribution in [0.3, 0.4) is 0 Å². The van der Waals surface area contributed by atoms with Crippen molar-refractivity contribution in [2.24, 2.45) is 0 Å². The summed E-state index contributed by atoms with van der Waals surface area (Å²) in [6.45, 7) is 6.66. The van der Waals surface area contributed by atoms with Gasteiger partial charge in [-0.2, -0.15) is 0 Å². The van der Waals surface area contributed by atoms with Crippen LogP contribution >= 0.6 is 11.3 Å². The number of anilines is 1. The van der Waals surface area contributed by atoms with Gasteiger partial charge in [0.15, 0.2) is 5.13 Å². The van der Waals surface area contributed by atoms with Crippen LogP contribution in [-0.4, -0.2) is 55.2 Å². The van der Waals surface area contributed by atoms with Crippen molar-refractivity contribution in [1.29, 1.82) is 0 Å². The molecule has 3 aromatic rings. The zero-order chi connectivity index (χ0) is 20.9. The van der Waals surface area contributed by atoms with Gasteiger partial charge in [-0.25, -0.2) is 9.37 Å². The molecule has 1 fully saturated rings. The molecule has 0 atom stereocenters. The van der Waals surface area contributed by atoms with E-state index >= 15 is 0 Å². The van der Waals surface area contributed by atoms with E-state index in [0.29, 0.717) is 6.54 Å². The fraction of sp³-hybridized carbons (Fsp3) is 0.391. The first-order chi connectivity index (χ1) is 14.6. The monoisotopic (exact) mass is 427 g/mol. The number of carbonyl (C=O) groups excluding carboxylic acids is 1. The van der Waals surface area contributed by atoms with Crippen molar-refractivity contribution in [3.05, 3.63) is 59.4 Å². The molecule has 1 saturated heterocycles. The molecule has 0 aliphatic carbocycles. The number of para-hydroxylation sites is 1. The number of amides is 1. The summed E-state index contributed by atoms with van der Waals surface area (Å²) >= 11 is 1.55. The fourth-order valence-corrected chi connectivity index (χ4v) is 4.72. The van der Waals surface area contributed by atoms with Gasteiger partial charge in [0.25, 0.3) is 0 Å². The highest BCUT2D eigenvalue weighted by Crippen LogP contribution is 2.31. The standard InChI is InChI=1S/C23H26FN3O2S/c1-2-18-4-3-5-20-22(18)25-23(30-20)27(11-10-26-12-14-29-15-13-26)21(28)16-17-6-8-19(24)9-7-17/h3-9H,2,10-16H2,1H3. The summed E-state index contributed by atoms with van der Waals surface area (Å²) < 4.78 is 19.8. The molecule has 1 amide bonds. The van der Waals surface area contributed by atoms with E-state index in [0.717, 1.165) is 60.2 Å². The highest BCUT2D eigenvalue weighted by Gasteiger charge is 2.22. The van der Waals surface area contributed by atoms with Crippen molar-refractivity contribution in [3.63, 3.8) is 0 Å². The number of aromatic nitrogens is 1. The number of morpholine rings is 1. The van der Waals surface area contributed by atoms with Gasteiger partial charge in [-0.15, -0.1) is 0 Å². The lowest BCUT2D eigenvalue weighted by Gasteiger charge is -2.29. The smallest absolute Gasteiger partial charge is 0.233 e. The quantitative estimate of drug-likeness (QED) is 0.574. The summed E-state index contributed by atoms with van der Waals surface area (Å²) in [5.41, 5.74) is 2.97. The first-order valence-corrected chi connectivity index (χ1v) is 11.2. The summed E-state index contributed by atoms with van der Waals surface area (Å²) in [7, 11) is 0. The number of rotatable bonds is 7. The number of thiazole rings is 1. The van der Waals surface area contributed by atoms with Crippen molar-refractivity contribution < 1.29 is 13.9 Å². The average molecular weight is 428 g/mol. The van der Waals surface area contributed by atoms with E-state index in [2.05, 4.69) is 24.0 Å². The Kier molecular flexibility index (Phi) is 6.72. The number of nitrogens with zero attached hydrogens (tertiary/aromatic N) is 3. The molecular formula is C23H26FN3O2S. The molecule has 2 heterocycles. The molecular weight excluding hydrogens is 401 g/mol. The third-order valence-electron chi connectivity index (χ3n) is 5.42. The van der Waals surface area contributed by atoms with E-state index in [1.807, 2.05) is 6.07 Å². The number of carbonyl (C=O) groups is 1. The lowest BCUT2D eigenvalue weighted by molar-refractivity contribution is -0.118. The van der Waals surface area contributed by atoms with Crippen molar-refractivity contribution in [2.45, 2.75) is 19.8 Å². The molecule has 2 aromatic carbocycles. The topological polar surface area (TPSA) is 45.7 Å². The van der Waals surface area contributed by atoms with Crippen LogP contribution in [0.15, 0.2) is 42.5 Å². The number of halogens is 1. The Hall–Kier alpha value is -2.35. The van der Waals surface area contributed by atoms with Gasteiger partial charge in [-0.1, -0.05) is 42.5 Å². The highest BCUT2D eigenvalue weighted by molar-refractivity contribution is 7.22. The SMILES string of the molecule is CCc1cccc2sc(N(CCN3CCOCC3)C(=O)Cc3ccc(F)cc3)nc12. The molecule has 7 heteroatoms. The van der Waals surface area contributed by atoms with Crippen LogP contribution in [0.2, 0.25) is 0 Å². The van der Waals surface area contributed by atoms with Crippen LogP contribution in [0, 0.1) is 5.82 Å².